The Bertz CT molecular complexity index is 946. The molecule has 2 atom stereocenters. The smallest absolute Gasteiger partial charge is 0.243 e. The summed E-state index contributed by atoms with van der Waals surface area (Å²) in [6, 6.07) is 16.0. The maximum Gasteiger partial charge on any atom is 0.243 e. The van der Waals surface area contributed by atoms with Crippen LogP contribution < -0.4 is 5.32 Å². The van der Waals surface area contributed by atoms with E-state index in [2.05, 4.69) is 19.2 Å². The van der Waals surface area contributed by atoms with Gasteiger partial charge in [-0.25, -0.2) is 8.42 Å². The van der Waals surface area contributed by atoms with Gasteiger partial charge in [-0.05, 0) is 55.0 Å². The average Bonchev–Trinajstić information content (AvgIpc) is 2.74. The van der Waals surface area contributed by atoms with Crippen molar-refractivity contribution in [2.24, 2.45) is 11.8 Å². The van der Waals surface area contributed by atoms with Crippen molar-refractivity contribution < 1.29 is 13.2 Å². The Hall–Kier alpha value is -1.89. The summed E-state index contributed by atoms with van der Waals surface area (Å²) < 4.78 is 27.4. The molecular weight excluding hydrogens is 420 g/mol. The molecule has 7 heteroatoms. The van der Waals surface area contributed by atoms with Gasteiger partial charge in [0.05, 0.1) is 16.9 Å². The topological polar surface area (TPSA) is 66.5 Å². The summed E-state index contributed by atoms with van der Waals surface area (Å²) in [4.78, 5) is 13.3. The van der Waals surface area contributed by atoms with Gasteiger partial charge in [-0.1, -0.05) is 55.8 Å². The van der Waals surface area contributed by atoms with Crippen LogP contribution >= 0.6 is 11.6 Å². The number of piperidine rings is 1. The van der Waals surface area contributed by atoms with Crippen molar-refractivity contribution in [3.63, 3.8) is 0 Å². The Kier molecular flexibility index (Phi) is 7.55. The largest absolute Gasteiger partial charge is 0.349 e. The molecule has 2 aromatic rings. The van der Waals surface area contributed by atoms with Crippen LogP contribution in [0.2, 0.25) is 5.02 Å². The van der Waals surface area contributed by atoms with E-state index in [-0.39, 0.29) is 29.3 Å². The molecule has 30 heavy (non-hydrogen) atoms. The van der Waals surface area contributed by atoms with E-state index in [1.807, 2.05) is 30.3 Å². The fraction of sp³-hybridized carbons (Fsp3) is 0.435. The number of benzene rings is 2. The molecule has 1 heterocycles. The van der Waals surface area contributed by atoms with Crippen molar-refractivity contribution in [2.45, 2.75) is 44.0 Å². The number of carbonyl (C=O) groups is 1. The SMILES string of the molecule is CC(C)CC(NC(=O)C1CCCN(S(=O)(=O)c2ccc(Cl)cc2)C1)c1ccccc1. The van der Waals surface area contributed by atoms with Crippen molar-refractivity contribution in [3.8, 4) is 0 Å². The van der Waals surface area contributed by atoms with Crippen LogP contribution in [0.5, 0.6) is 0 Å². The summed E-state index contributed by atoms with van der Waals surface area (Å²) in [5.74, 6) is -0.0247. The summed E-state index contributed by atoms with van der Waals surface area (Å²) in [7, 11) is -3.65. The second-order valence-corrected chi connectivity index (χ2v) is 10.6. The zero-order chi connectivity index (χ0) is 21.7. The Morgan fingerprint density at radius 3 is 2.43 bits per heavy atom. The van der Waals surface area contributed by atoms with Crippen LogP contribution in [0, 0.1) is 11.8 Å². The lowest BCUT2D eigenvalue weighted by Gasteiger charge is -2.32. The van der Waals surface area contributed by atoms with Crippen LogP contribution in [-0.4, -0.2) is 31.7 Å². The highest BCUT2D eigenvalue weighted by molar-refractivity contribution is 7.89. The molecule has 2 aromatic carbocycles. The van der Waals surface area contributed by atoms with E-state index in [9.17, 15) is 13.2 Å². The number of hydrogen-bond donors (Lipinski definition) is 1. The number of nitrogens with one attached hydrogen (secondary N) is 1. The number of hydrogen-bond acceptors (Lipinski definition) is 3. The van der Waals surface area contributed by atoms with Crippen LogP contribution in [0.25, 0.3) is 0 Å². The van der Waals surface area contributed by atoms with E-state index in [4.69, 9.17) is 11.6 Å². The molecule has 2 unspecified atom stereocenters. The third-order valence-electron chi connectivity index (χ3n) is 5.43. The molecule has 1 fully saturated rings. The summed E-state index contributed by atoms with van der Waals surface area (Å²) in [6.45, 7) is 4.87. The number of nitrogens with zero attached hydrogens (tertiary/aromatic N) is 1. The van der Waals surface area contributed by atoms with E-state index in [1.165, 1.54) is 16.4 Å². The van der Waals surface area contributed by atoms with Gasteiger partial charge < -0.3 is 5.32 Å². The molecule has 0 aromatic heterocycles. The Morgan fingerprint density at radius 2 is 1.80 bits per heavy atom. The first kappa shape index (κ1) is 22.8. The van der Waals surface area contributed by atoms with Crippen molar-refractivity contribution in [1.29, 1.82) is 0 Å². The maximum absolute atomic E-state index is 13.1. The van der Waals surface area contributed by atoms with Crippen LogP contribution in [0.4, 0.5) is 0 Å². The van der Waals surface area contributed by atoms with Crippen LogP contribution in [0.15, 0.2) is 59.5 Å². The molecule has 0 aliphatic carbocycles. The lowest BCUT2D eigenvalue weighted by atomic mass is 9.94. The van der Waals surface area contributed by atoms with Gasteiger partial charge in [0.1, 0.15) is 0 Å². The molecule has 0 saturated carbocycles. The van der Waals surface area contributed by atoms with E-state index in [0.717, 1.165) is 12.0 Å². The molecule has 0 bridgehead atoms. The fourth-order valence-corrected chi connectivity index (χ4v) is 5.50. The first-order chi connectivity index (χ1) is 14.3. The standard InChI is InChI=1S/C23H29ClN2O3S/c1-17(2)15-22(18-7-4-3-5-8-18)25-23(27)19-9-6-14-26(16-19)30(28,29)21-12-10-20(24)11-13-21/h3-5,7-8,10-13,17,19,22H,6,9,14-16H2,1-2H3,(H,25,27). The highest BCUT2D eigenvalue weighted by atomic mass is 35.5. The van der Waals surface area contributed by atoms with Crippen LogP contribution in [0.1, 0.15) is 44.7 Å². The second-order valence-electron chi connectivity index (χ2n) is 8.26. The summed E-state index contributed by atoms with van der Waals surface area (Å²) in [5, 5.41) is 3.66. The zero-order valence-corrected chi connectivity index (χ0v) is 19.0. The molecular formula is C23H29ClN2O3S. The van der Waals surface area contributed by atoms with Gasteiger partial charge in [-0.2, -0.15) is 4.31 Å². The minimum Gasteiger partial charge on any atom is -0.349 e. The molecule has 0 radical (unpaired) electrons. The van der Waals surface area contributed by atoms with Crippen LogP contribution in [0.3, 0.4) is 0 Å². The highest BCUT2D eigenvalue weighted by Gasteiger charge is 2.34. The number of amides is 1. The molecule has 1 N–H and O–H groups in total. The summed E-state index contributed by atoms with van der Waals surface area (Å²) >= 11 is 5.89. The second kappa shape index (κ2) is 9.94. The Labute approximate surface area is 184 Å². The molecule has 5 nitrogen and oxygen atoms in total. The van der Waals surface area contributed by atoms with E-state index in [1.54, 1.807) is 12.1 Å². The van der Waals surface area contributed by atoms with Gasteiger partial charge in [-0.3, -0.25) is 4.79 Å². The van der Waals surface area contributed by atoms with Gasteiger partial charge in [0.25, 0.3) is 0 Å². The molecule has 1 amide bonds. The van der Waals surface area contributed by atoms with Crippen molar-refractivity contribution in [3.05, 3.63) is 65.2 Å². The molecule has 3 rings (SSSR count). The third-order valence-corrected chi connectivity index (χ3v) is 7.56. The monoisotopic (exact) mass is 448 g/mol. The number of carbonyl (C=O) groups excluding carboxylic acids is 1. The van der Waals surface area contributed by atoms with Gasteiger partial charge in [0, 0.05) is 18.1 Å². The molecule has 1 aliphatic rings. The van der Waals surface area contributed by atoms with E-state index < -0.39 is 10.0 Å². The van der Waals surface area contributed by atoms with Gasteiger partial charge in [-0.15, -0.1) is 0 Å². The summed E-state index contributed by atoms with van der Waals surface area (Å²) in [5.41, 5.74) is 1.07. The normalized spacial score (nSPS) is 18.9. The van der Waals surface area contributed by atoms with Gasteiger partial charge in [0.2, 0.25) is 15.9 Å². The molecule has 1 saturated heterocycles. The molecule has 1 aliphatic heterocycles. The van der Waals surface area contributed by atoms with Crippen LogP contribution in [-0.2, 0) is 14.8 Å². The van der Waals surface area contributed by atoms with Gasteiger partial charge in [0.15, 0.2) is 0 Å². The van der Waals surface area contributed by atoms with E-state index in [0.29, 0.717) is 30.3 Å². The minimum atomic E-state index is -3.65. The first-order valence-corrected chi connectivity index (χ1v) is 12.2. The Balaban J connectivity index is 1.72. The van der Waals surface area contributed by atoms with Crippen molar-refractivity contribution >= 4 is 27.5 Å². The summed E-state index contributed by atoms with van der Waals surface area (Å²) in [6.07, 6.45) is 2.17. The number of rotatable bonds is 7. The first-order valence-electron chi connectivity index (χ1n) is 10.4. The quantitative estimate of drug-likeness (QED) is 0.670. The predicted octanol–water partition coefficient (Wildman–Crippen LogP) is 4.64. The third kappa shape index (κ3) is 5.62. The van der Waals surface area contributed by atoms with Gasteiger partial charge >= 0.3 is 0 Å². The average molecular weight is 449 g/mol. The molecule has 162 valence electrons. The lowest BCUT2D eigenvalue weighted by Crippen LogP contribution is -2.46. The zero-order valence-electron chi connectivity index (χ0n) is 17.4. The van der Waals surface area contributed by atoms with E-state index >= 15 is 0 Å². The predicted molar refractivity (Wildman–Crippen MR) is 120 cm³/mol. The maximum atomic E-state index is 13.1. The van der Waals surface area contributed by atoms with Crippen molar-refractivity contribution in [1.82, 2.24) is 9.62 Å². The van der Waals surface area contributed by atoms with Crippen molar-refractivity contribution in [2.75, 3.05) is 13.1 Å². The fourth-order valence-electron chi connectivity index (χ4n) is 3.86. The Morgan fingerprint density at radius 1 is 1.13 bits per heavy atom. The lowest BCUT2D eigenvalue weighted by molar-refractivity contribution is -0.127. The minimum absolute atomic E-state index is 0.0815. The number of sulfonamides is 1. The molecule has 0 spiro atoms. The highest BCUT2D eigenvalue weighted by Crippen LogP contribution is 2.27. The number of halogens is 1.